The average molecular weight is 274 g/mol. The van der Waals surface area contributed by atoms with Gasteiger partial charge in [0.25, 0.3) is 0 Å². The lowest BCUT2D eigenvalue weighted by molar-refractivity contribution is -0.138. The minimum Gasteiger partial charge on any atom is -0.481 e. The van der Waals surface area contributed by atoms with Crippen molar-refractivity contribution in [1.82, 2.24) is 0 Å². The van der Waals surface area contributed by atoms with E-state index >= 15 is 0 Å². The summed E-state index contributed by atoms with van der Waals surface area (Å²) < 4.78 is 0. The highest BCUT2D eigenvalue weighted by atomic mass is 35.5. The summed E-state index contributed by atoms with van der Waals surface area (Å²) in [7, 11) is 1.91. The molecule has 0 saturated heterocycles. The maximum absolute atomic E-state index is 10.7. The number of benzene rings is 1. The van der Waals surface area contributed by atoms with E-state index < -0.39 is 5.97 Å². The Morgan fingerprint density at radius 2 is 2.24 bits per heavy atom. The van der Waals surface area contributed by atoms with Crippen molar-refractivity contribution >= 4 is 34.9 Å². The fourth-order valence-corrected chi connectivity index (χ4v) is 2.88. The van der Waals surface area contributed by atoms with Gasteiger partial charge in [-0.3, -0.25) is 4.79 Å². The minimum atomic E-state index is -0.757. The number of rotatable bonds is 2. The molecular weight excluding hydrogens is 261 g/mol. The number of fused-ring (bicyclic) bond motifs is 1. The number of hydrogen-bond donors (Lipinski definition) is 1. The largest absolute Gasteiger partial charge is 0.481 e. The monoisotopic (exact) mass is 273 g/mol. The molecule has 1 N–H and O–H groups in total. The van der Waals surface area contributed by atoms with Gasteiger partial charge >= 0.3 is 5.97 Å². The predicted molar refractivity (Wildman–Crippen MR) is 69.2 cm³/mol. The molecule has 0 bridgehead atoms. The summed E-state index contributed by atoms with van der Waals surface area (Å²) in [5.74, 6) is -0.630. The number of halogens is 2. The van der Waals surface area contributed by atoms with Gasteiger partial charge in [0.15, 0.2) is 0 Å². The van der Waals surface area contributed by atoms with Crippen molar-refractivity contribution in [1.29, 1.82) is 0 Å². The number of carboxylic acid groups (broad SMARTS) is 1. The van der Waals surface area contributed by atoms with Crippen LogP contribution in [0.3, 0.4) is 0 Å². The Labute approximate surface area is 110 Å². The smallest absolute Gasteiger partial charge is 0.303 e. The van der Waals surface area contributed by atoms with E-state index in [-0.39, 0.29) is 12.3 Å². The van der Waals surface area contributed by atoms with E-state index in [0.717, 1.165) is 17.7 Å². The van der Waals surface area contributed by atoms with Crippen LogP contribution in [0, 0.1) is 5.92 Å². The van der Waals surface area contributed by atoms with Crippen molar-refractivity contribution in [3.63, 3.8) is 0 Å². The first-order chi connectivity index (χ1) is 7.99. The van der Waals surface area contributed by atoms with Gasteiger partial charge in [-0.25, -0.2) is 0 Å². The summed E-state index contributed by atoms with van der Waals surface area (Å²) in [6.07, 6.45) is 0.923. The van der Waals surface area contributed by atoms with Gasteiger partial charge in [-0.05, 0) is 24.0 Å². The van der Waals surface area contributed by atoms with Gasteiger partial charge in [0, 0.05) is 13.6 Å². The van der Waals surface area contributed by atoms with Gasteiger partial charge in [0.1, 0.15) is 0 Å². The molecule has 1 atom stereocenters. The van der Waals surface area contributed by atoms with Crippen LogP contribution in [0.5, 0.6) is 0 Å². The normalized spacial score (nSPS) is 19.0. The number of anilines is 1. The van der Waals surface area contributed by atoms with Gasteiger partial charge in [0.05, 0.1) is 22.2 Å². The second-order valence-electron chi connectivity index (χ2n) is 4.42. The molecule has 0 spiro atoms. The third-order valence-electron chi connectivity index (χ3n) is 3.04. The highest BCUT2D eigenvalue weighted by molar-refractivity contribution is 6.43. The zero-order chi connectivity index (χ0) is 12.6. The fourth-order valence-electron chi connectivity index (χ4n) is 2.40. The Morgan fingerprint density at radius 1 is 1.53 bits per heavy atom. The van der Waals surface area contributed by atoms with Crippen molar-refractivity contribution in [2.45, 2.75) is 12.8 Å². The van der Waals surface area contributed by atoms with E-state index in [4.69, 9.17) is 28.3 Å². The number of carbonyl (C=O) groups is 1. The van der Waals surface area contributed by atoms with Gasteiger partial charge in [-0.2, -0.15) is 0 Å². The maximum Gasteiger partial charge on any atom is 0.303 e. The maximum atomic E-state index is 10.7. The topological polar surface area (TPSA) is 40.5 Å². The fraction of sp³-hybridized carbons (Fsp3) is 0.417. The Morgan fingerprint density at radius 3 is 2.88 bits per heavy atom. The van der Waals surface area contributed by atoms with Crippen molar-refractivity contribution in [3.05, 3.63) is 27.7 Å². The number of carboxylic acids is 1. The first-order valence-electron chi connectivity index (χ1n) is 5.39. The molecule has 0 radical (unpaired) electrons. The van der Waals surface area contributed by atoms with E-state index in [0.29, 0.717) is 16.6 Å². The Bertz CT molecular complexity index is 462. The summed E-state index contributed by atoms with van der Waals surface area (Å²) in [6, 6.07) is 3.69. The van der Waals surface area contributed by atoms with Gasteiger partial charge in [0.2, 0.25) is 0 Å². The van der Waals surface area contributed by atoms with Crippen molar-refractivity contribution in [2.75, 3.05) is 18.5 Å². The molecule has 5 heteroatoms. The molecule has 1 aromatic carbocycles. The van der Waals surface area contributed by atoms with Gasteiger partial charge in [-0.1, -0.05) is 29.3 Å². The first kappa shape index (κ1) is 12.5. The van der Waals surface area contributed by atoms with Crippen LogP contribution in [0.15, 0.2) is 12.1 Å². The van der Waals surface area contributed by atoms with E-state index in [1.54, 1.807) is 6.07 Å². The number of aliphatic carboxylic acids is 1. The van der Waals surface area contributed by atoms with Crippen molar-refractivity contribution in [3.8, 4) is 0 Å². The molecule has 1 unspecified atom stereocenters. The molecule has 2 rings (SSSR count). The quantitative estimate of drug-likeness (QED) is 0.901. The lowest BCUT2D eigenvalue weighted by Gasteiger charge is -2.33. The van der Waals surface area contributed by atoms with Crippen LogP contribution in [0.4, 0.5) is 5.69 Å². The molecule has 1 aliphatic heterocycles. The summed E-state index contributed by atoms with van der Waals surface area (Å²) in [5, 5.41) is 9.93. The van der Waals surface area contributed by atoms with Crippen LogP contribution < -0.4 is 4.90 Å². The van der Waals surface area contributed by atoms with Gasteiger partial charge < -0.3 is 10.0 Å². The van der Waals surface area contributed by atoms with Crippen LogP contribution in [-0.4, -0.2) is 24.7 Å². The average Bonchev–Trinajstić information content (AvgIpc) is 2.22. The molecule has 3 nitrogen and oxygen atoms in total. The third-order valence-corrected chi connectivity index (χ3v) is 3.83. The molecule has 0 aromatic heterocycles. The molecule has 17 heavy (non-hydrogen) atoms. The Kier molecular flexibility index (Phi) is 3.50. The minimum absolute atomic E-state index is 0.127. The molecule has 1 aliphatic rings. The van der Waals surface area contributed by atoms with Crippen molar-refractivity contribution < 1.29 is 9.90 Å². The third kappa shape index (κ3) is 2.50. The second kappa shape index (κ2) is 4.75. The number of nitrogens with zero attached hydrogens (tertiary/aromatic N) is 1. The highest BCUT2D eigenvalue weighted by Crippen LogP contribution is 2.39. The lowest BCUT2D eigenvalue weighted by atomic mass is 9.90. The highest BCUT2D eigenvalue weighted by Gasteiger charge is 2.26. The van der Waals surface area contributed by atoms with Crippen LogP contribution >= 0.6 is 23.2 Å². The van der Waals surface area contributed by atoms with Crippen LogP contribution in [-0.2, 0) is 11.2 Å². The van der Waals surface area contributed by atoms with Crippen LogP contribution in [0.25, 0.3) is 0 Å². The molecule has 0 fully saturated rings. The van der Waals surface area contributed by atoms with E-state index in [9.17, 15) is 4.79 Å². The van der Waals surface area contributed by atoms with Crippen LogP contribution in [0.1, 0.15) is 12.0 Å². The first-order valence-corrected chi connectivity index (χ1v) is 6.14. The zero-order valence-corrected chi connectivity index (χ0v) is 10.9. The standard InChI is InChI=1S/C12H13Cl2NO2/c1-15-6-7(5-10(16)17)4-8-2-3-9(13)11(14)12(8)15/h2-3,7H,4-6H2,1H3,(H,16,17). The SMILES string of the molecule is CN1CC(CC(=O)O)Cc2ccc(Cl)c(Cl)c21. The molecule has 1 aromatic rings. The Balaban J connectivity index is 2.32. The summed E-state index contributed by atoms with van der Waals surface area (Å²) >= 11 is 12.1. The molecular formula is C12H13Cl2NO2. The van der Waals surface area contributed by atoms with E-state index in [1.807, 2.05) is 18.0 Å². The number of hydrogen-bond acceptors (Lipinski definition) is 2. The molecule has 0 saturated carbocycles. The van der Waals surface area contributed by atoms with Crippen molar-refractivity contribution in [2.24, 2.45) is 5.92 Å². The second-order valence-corrected chi connectivity index (χ2v) is 5.20. The summed E-state index contributed by atoms with van der Waals surface area (Å²) in [6.45, 7) is 0.694. The van der Waals surface area contributed by atoms with Crippen LogP contribution in [0.2, 0.25) is 10.0 Å². The zero-order valence-electron chi connectivity index (χ0n) is 9.41. The predicted octanol–water partition coefficient (Wildman–Crippen LogP) is 3.08. The molecule has 0 aliphatic carbocycles. The summed E-state index contributed by atoms with van der Waals surface area (Å²) in [5.41, 5.74) is 2.00. The summed E-state index contributed by atoms with van der Waals surface area (Å²) in [4.78, 5) is 12.7. The van der Waals surface area contributed by atoms with E-state index in [1.165, 1.54) is 0 Å². The molecule has 92 valence electrons. The molecule has 0 amide bonds. The lowest BCUT2D eigenvalue weighted by Crippen LogP contribution is -2.33. The van der Waals surface area contributed by atoms with Gasteiger partial charge in [-0.15, -0.1) is 0 Å². The molecule has 1 heterocycles. The van der Waals surface area contributed by atoms with E-state index in [2.05, 4.69) is 0 Å². The Hall–Kier alpha value is -0.930.